The van der Waals surface area contributed by atoms with Gasteiger partial charge in [-0.05, 0) is 18.2 Å². The lowest BCUT2D eigenvalue weighted by Gasteiger charge is -2.17. The topological polar surface area (TPSA) is 71.2 Å². The third-order valence-electron chi connectivity index (χ3n) is 2.44. The first-order valence-electron chi connectivity index (χ1n) is 5.46. The van der Waals surface area contributed by atoms with E-state index in [0.717, 1.165) is 15.8 Å². The summed E-state index contributed by atoms with van der Waals surface area (Å²) in [7, 11) is 3.83. The summed E-state index contributed by atoms with van der Waals surface area (Å²) in [4.78, 5) is 17.9. The van der Waals surface area contributed by atoms with Gasteiger partial charge in [0.15, 0.2) is 5.13 Å². The molecule has 0 atom stereocenters. The third-order valence-corrected chi connectivity index (χ3v) is 3.61. The number of benzene rings is 1. The van der Waals surface area contributed by atoms with Crippen LogP contribution in [0.3, 0.4) is 0 Å². The number of hydrogen-bond acceptors (Lipinski definition) is 5. The van der Waals surface area contributed by atoms with E-state index in [0.29, 0.717) is 10.8 Å². The Labute approximate surface area is 123 Å². The maximum absolute atomic E-state index is 12.1. The van der Waals surface area contributed by atoms with E-state index in [1.54, 1.807) is 5.38 Å². The average molecular weight is 341 g/mol. The van der Waals surface area contributed by atoms with Gasteiger partial charge in [-0.25, -0.2) is 4.98 Å². The Morgan fingerprint density at radius 3 is 2.79 bits per heavy atom. The molecular weight excluding hydrogens is 328 g/mol. The molecule has 1 amide bonds. The SMILES string of the molecule is CN(C)c1ccc(Br)cc1NC(=O)c1csc(N)n1. The second-order valence-electron chi connectivity index (χ2n) is 4.08. The highest BCUT2D eigenvalue weighted by Gasteiger charge is 2.13. The van der Waals surface area contributed by atoms with Crippen molar-refractivity contribution in [3.8, 4) is 0 Å². The molecule has 0 saturated carbocycles. The quantitative estimate of drug-likeness (QED) is 0.901. The monoisotopic (exact) mass is 340 g/mol. The third kappa shape index (κ3) is 3.24. The highest BCUT2D eigenvalue weighted by Crippen LogP contribution is 2.28. The van der Waals surface area contributed by atoms with Gasteiger partial charge in [0.25, 0.3) is 5.91 Å². The van der Waals surface area contributed by atoms with Crippen LogP contribution in [0.4, 0.5) is 16.5 Å². The van der Waals surface area contributed by atoms with Crippen LogP contribution in [0, 0.1) is 0 Å². The smallest absolute Gasteiger partial charge is 0.275 e. The first-order valence-corrected chi connectivity index (χ1v) is 7.14. The van der Waals surface area contributed by atoms with E-state index < -0.39 is 0 Å². The van der Waals surface area contributed by atoms with Crippen LogP contribution in [0.2, 0.25) is 0 Å². The minimum atomic E-state index is -0.269. The minimum absolute atomic E-state index is 0.269. The maximum atomic E-state index is 12.1. The molecule has 0 bridgehead atoms. The number of halogens is 1. The van der Waals surface area contributed by atoms with Crippen LogP contribution in [-0.2, 0) is 0 Å². The molecule has 0 saturated heterocycles. The van der Waals surface area contributed by atoms with Crippen LogP contribution >= 0.6 is 27.3 Å². The Balaban J connectivity index is 2.27. The van der Waals surface area contributed by atoms with Crippen molar-refractivity contribution in [1.82, 2.24) is 4.98 Å². The van der Waals surface area contributed by atoms with Crippen molar-refractivity contribution >= 4 is 49.7 Å². The van der Waals surface area contributed by atoms with Gasteiger partial charge in [0.1, 0.15) is 5.69 Å². The Kier molecular flexibility index (Phi) is 4.06. The number of nitrogen functional groups attached to an aromatic ring is 1. The van der Waals surface area contributed by atoms with Gasteiger partial charge in [0, 0.05) is 23.9 Å². The zero-order valence-electron chi connectivity index (χ0n) is 10.5. The fourth-order valence-electron chi connectivity index (χ4n) is 1.58. The first kappa shape index (κ1) is 13.8. The van der Waals surface area contributed by atoms with Crippen molar-refractivity contribution in [2.45, 2.75) is 0 Å². The van der Waals surface area contributed by atoms with E-state index >= 15 is 0 Å². The van der Waals surface area contributed by atoms with Crippen LogP contribution in [0.15, 0.2) is 28.1 Å². The molecule has 0 radical (unpaired) electrons. The summed E-state index contributed by atoms with van der Waals surface area (Å²) in [6.07, 6.45) is 0. The van der Waals surface area contributed by atoms with Crippen molar-refractivity contribution in [1.29, 1.82) is 0 Å². The van der Waals surface area contributed by atoms with Gasteiger partial charge < -0.3 is 16.0 Å². The number of hydrogen-bond donors (Lipinski definition) is 2. The molecule has 0 aliphatic carbocycles. The Bertz CT molecular complexity index is 612. The van der Waals surface area contributed by atoms with Gasteiger partial charge in [-0.2, -0.15) is 0 Å². The number of thiazole rings is 1. The summed E-state index contributed by atoms with van der Waals surface area (Å²) >= 11 is 4.64. The largest absolute Gasteiger partial charge is 0.376 e. The molecule has 0 spiro atoms. The summed E-state index contributed by atoms with van der Waals surface area (Å²) in [5.74, 6) is -0.269. The zero-order chi connectivity index (χ0) is 14.0. The molecule has 7 heteroatoms. The molecule has 0 unspecified atom stereocenters. The molecule has 19 heavy (non-hydrogen) atoms. The van der Waals surface area contributed by atoms with E-state index in [4.69, 9.17) is 5.73 Å². The predicted octanol–water partition coefficient (Wildman–Crippen LogP) is 2.81. The Morgan fingerprint density at radius 2 is 2.21 bits per heavy atom. The lowest BCUT2D eigenvalue weighted by molar-refractivity contribution is 0.102. The molecule has 0 aliphatic heterocycles. The lowest BCUT2D eigenvalue weighted by atomic mass is 10.2. The van der Waals surface area contributed by atoms with Crippen molar-refractivity contribution in [3.63, 3.8) is 0 Å². The van der Waals surface area contributed by atoms with Crippen LogP contribution in [0.5, 0.6) is 0 Å². The minimum Gasteiger partial charge on any atom is -0.376 e. The van der Waals surface area contributed by atoms with E-state index in [1.165, 1.54) is 11.3 Å². The average Bonchev–Trinajstić information content (AvgIpc) is 2.75. The van der Waals surface area contributed by atoms with Gasteiger partial charge >= 0.3 is 0 Å². The number of nitrogens with zero attached hydrogens (tertiary/aromatic N) is 2. The van der Waals surface area contributed by atoms with Crippen molar-refractivity contribution in [3.05, 3.63) is 33.7 Å². The molecule has 3 N–H and O–H groups in total. The van der Waals surface area contributed by atoms with E-state index in [9.17, 15) is 4.79 Å². The van der Waals surface area contributed by atoms with Crippen molar-refractivity contribution in [2.24, 2.45) is 0 Å². The standard InChI is InChI=1S/C12H13BrN4OS/c1-17(2)10-4-3-7(13)5-8(10)15-11(18)9-6-19-12(14)16-9/h3-6H,1-2H3,(H2,14,16)(H,15,18). The Morgan fingerprint density at radius 1 is 1.47 bits per heavy atom. The molecular formula is C12H13BrN4OS. The summed E-state index contributed by atoms with van der Waals surface area (Å²) in [6.45, 7) is 0. The normalized spacial score (nSPS) is 10.3. The summed E-state index contributed by atoms with van der Waals surface area (Å²) in [5.41, 5.74) is 7.48. The van der Waals surface area contributed by atoms with E-state index in [1.807, 2.05) is 37.2 Å². The number of carbonyl (C=O) groups excluding carboxylic acids is 1. The maximum Gasteiger partial charge on any atom is 0.275 e. The number of anilines is 3. The van der Waals surface area contributed by atoms with Gasteiger partial charge in [-0.15, -0.1) is 11.3 Å². The summed E-state index contributed by atoms with van der Waals surface area (Å²) < 4.78 is 0.895. The lowest BCUT2D eigenvalue weighted by Crippen LogP contribution is -2.17. The molecule has 5 nitrogen and oxygen atoms in total. The molecule has 2 aromatic rings. The predicted molar refractivity (Wildman–Crippen MR) is 82.9 cm³/mol. The molecule has 1 aromatic heterocycles. The highest BCUT2D eigenvalue weighted by atomic mass is 79.9. The number of aromatic nitrogens is 1. The second kappa shape index (κ2) is 5.58. The van der Waals surface area contributed by atoms with Gasteiger partial charge in [-0.1, -0.05) is 15.9 Å². The Hall–Kier alpha value is -1.60. The van der Waals surface area contributed by atoms with Gasteiger partial charge in [0.05, 0.1) is 11.4 Å². The number of nitrogens with two attached hydrogens (primary N) is 1. The molecule has 100 valence electrons. The van der Waals surface area contributed by atoms with Crippen LogP contribution < -0.4 is 16.0 Å². The second-order valence-corrected chi connectivity index (χ2v) is 5.89. The first-order chi connectivity index (χ1) is 8.97. The molecule has 2 rings (SSSR count). The molecule has 0 aliphatic rings. The van der Waals surface area contributed by atoms with Crippen LogP contribution in [-0.4, -0.2) is 25.0 Å². The highest BCUT2D eigenvalue weighted by molar-refractivity contribution is 9.10. The van der Waals surface area contributed by atoms with Crippen molar-refractivity contribution in [2.75, 3.05) is 30.0 Å². The molecule has 0 fully saturated rings. The van der Waals surface area contributed by atoms with E-state index in [-0.39, 0.29) is 5.91 Å². The van der Waals surface area contributed by atoms with Crippen molar-refractivity contribution < 1.29 is 4.79 Å². The van der Waals surface area contributed by atoms with Gasteiger partial charge in [-0.3, -0.25) is 4.79 Å². The number of amides is 1. The van der Waals surface area contributed by atoms with E-state index in [2.05, 4.69) is 26.2 Å². The number of carbonyl (C=O) groups is 1. The fourth-order valence-corrected chi connectivity index (χ4v) is 2.48. The summed E-state index contributed by atoms with van der Waals surface area (Å²) in [5, 5.41) is 4.86. The number of nitrogens with one attached hydrogen (secondary N) is 1. The number of rotatable bonds is 3. The fraction of sp³-hybridized carbons (Fsp3) is 0.167. The van der Waals surface area contributed by atoms with Gasteiger partial charge in [0.2, 0.25) is 0 Å². The van der Waals surface area contributed by atoms with Crippen LogP contribution in [0.25, 0.3) is 0 Å². The van der Waals surface area contributed by atoms with Crippen LogP contribution in [0.1, 0.15) is 10.5 Å². The molecule has 1 heterocycles. The summed E-state index contributed by atoms with van der Waals surface area (Å²) in [6, 6.07) is 5.70. The zero-order valence-corrected chi connectivity index (χ0v) is 12.9. The molecule has 1 aromatic carbocycles.